The third-order valence-corrected chi connectivity index (χ3v) is 4.50. The van der Waals surface area contributed by atoms with Gasteiger partial charge in [0.25, 0.3) is 0 Å². The van der Waals surface area contributed by atoms with Crippen molar-refractivity contribution in [3.8, 4) is 0 Å². The lowest BCUT2D eigenvalue weighted by atomic mass is 9.99. The molecule has 0 aromatic heterocycles. The molecule has 1 rings (SSSR count). The van der Waals surface area contributed by atoms with Gasteiger partial charge in [-0.25, -0.2) is 13.1 Å². The molecule has 17 heavy (non-hydrogen) atoms. The fourth-order valence-corrected chi connectivity index (χ4v) is 2.94. The number of rotatable bonds is 4. The Hall–Kier alpha value is -0.910. The smallest absolute Gasteiger partial charge is 0.241 e. The monoisotopic (exact) mass is 255 g/mol. The third-order valence-electron chi connectivity index (χ3n) is 2.80. The normalized spacial score (nSPS) is 14.6. The minimum atomic E-state index is -3.54. The molecule has 0 aliphatic rings. The van der Waals surface area contributed by atoms with Gasteiger partial charge in [0.1, 0.15) is 0 Å². The van der Waals surface area contributed by atoms with Gasteiger partial charge < -0.3 is 0 Å². The molecule has 95 valence electrons. The van der Waals surface area contributed by atoms with Crippen LogP contribution in [-0.2, 0) is 10.0 Å². The first kappa shape index (κ1) is 14.2. The quantitative estimate of drug-likeness (QED) is 0.890. The molecule has 1 aromatic rings. The first-order chi connectivity index (χ1) is 7.64. The summed E-state index contributed by atoms with van der Waals surface area (Å²) in [6.07, 6.45) is 0. The molecule has 1 atom stereocenters. The summed E-state index contributed by atoms with van der Waals surface area (Å²) in [4.78, 5) is 0.274. The van der Waals surface area contributed by atoms with E-state index in [1.807, 2.05) is 0 Å². The van der Waals surface area contributed by atoms with Gasteiger partial charge in [-0.05, 0) is 39.3 Å². The molecule has 0 saturated heterocycles. The van der Waals surface area contributed by atoms with Gasteiger partial charge in [-0.3, -0.25) is 5.73 Å². The van der Waals surface area contributed by atoms with Gasteiger partial charge in [0, 0.05) is 11.6 Å². The molecular weight excluding hydrogens is 236 g/mol. The van der Waals surface area contributed by atoms with E-state index in [1.165, 1.54) is 0 Å². The highest BCUT2D eigenvalue weighted by Crippen LogP contribution is 2.16. The topological polar surface area (TPSA) is 70.0 Å². The van der Waals surface area contributed by atoms with E-state index in [0.717, 1.165) is 0 Å². The van der Waals surface area contributed by atoms with Crippen LogP contribution in [0.15, 0.2) is 29.2 Å². The number of benzene rings is 1. The maximum atomic E-state index is 12.1. The van der Waals surface area contributed by atoms with Crippen LogP contribution in [0, 0.1) is 6.92 Å². The molecule has 1 unspecified atom stereocenters. The van der Waals surface area contributed by atoms with E-state index in [4.69, 9.17) is 5.73 Å². The van der Waals surface area contributed by atoms with Crippen molar-refractivity contribution in [1.82, 2.24) is 10.5 Å². The number of hydrogen-bond acceptors (Lipinski definition) is 2. The highest BCUT2D eigenvalue weighted by atomic mass is 32.2. The summed E-state index contributed by atoms with van der Waals surface area (Å²) in [6, 6.07) is 6.36. The van der Waals surface area contributed by atoms with Crippen LogP contribution in [0.5, 0.6) is 0 Å². The Balaban J connectivity index is 3.03. The summed E-state index contributed by atoms with van der Waals surface area (Å²) in [5.74, 6) is 0. The SMILES string of the molecule is Cc1ccccc1S(=O)(=O)NC(C)C(C)(C)[NH]. The molecule has 4 nitrogen and oxygen atoms in total. The molecule has 1 radical (unpaired) electrons. The molecule has 1 aromatic carbocycles. The zero-order valence-electron chi connectivity index (χ0n) is 10.6. The molecule has 0 amide bonds. The second-order valence-corrected chi connectivity index (χ2v) is 6.51. The van der Waals surface area contributed by atoms with E-state index in [0.29, 0.717) is 5.56 Å². The predicted molar refractivity (Wildman–Crippen MR) is 68.1 cm³/mol. The molecule has 0 spiro atoms. The molecule has 0 saturated carbocycles. The summed E-state index contributed by atoms with van der Waals surface area (Å²) in [5, 5.41) is 0. The highest BCUT2D eigenvalue weighted by molar-refractivity contribution is 7.89. The molecule has 2 N–H and O–H groups in total. The van der Waals surface area contributed by atoms with Crippen molar-refractivity contribution in [2.24, 2.45) is 0 Å². The summed E-state index contributed by atoms with van der Waals surface area (Å²) < 4.78 is 26.8. The molecule has 0 bridgehead atoms. The Morgan fingerprint density at radius 1 is 1.29 bits per heavy atom. The maximum absolute atomic E-state index is 12.1. The van der Waals surface area contributed by atoms with Crippen LogP contribution in [0.1, 0.15) is 26.3 Å². The molecule has 5 heteroatoms. The first-order valence-corrected chi connectivity index (χ1v) is 6.96. The number of nitrogens with one attached hydrogen (secondary N) is 2. The predicted octanol–water partition coefficient (Wildman–Crippen LogP) is 1.72. The van der Waals surface area contributed by atoms with Gasteiger partial charge in [-0.15, -0.1) is 0 Å². The fraction of sp³-hybridized carbons (Fsp3) is 0.500. The Morgan fingerprint density at radius 2 is 1.82 bits per heavy atom. The van der Waals surface area contributed by atoms with Gasteiger partial charge in [-0.2, -0.15) is 0 Å². The molecule has 0 heterocycles. The molecular formula is C12H19N2O2S. The molecule has 0 aliphatic heterocycles. The van der Waals surface area contributed by atoms with E-state index in [9.17, 15) is 8.42 Å². The number of sulfonamides is 1. The van der Waals surface area contributed by atoms with E-state index in [1.54, 1.807) is 52.0 Å². The van der Waals surface area contributed by atoms with Crippen LogP contribution in [0.3, 0.4) is 0 Å². The van der Waals surface area contributed by atoms with Crippen molar-refractivity contribution in [2.45, 2.75) is 44.2 Å². The second kappa shape index (κ2) is 4.76. The Labute approximate surface area is 103 Å². The van der Waals surface area contributed by atoms with Crippen LogP contribution in [0.4, 0.5) is 0 Å². The van der Waals surface area contributed by atoms with E-state index >= 15 is 0 Å². The first-order valence-electron chi connectivity index (χ1n) is 5.47. The Bertz CT molecular complexity index is 489. The Kier molecular flexibility index (Phi) is 3.96. The van der Waals surface area contributed by atoms with Gasteiger partial charge in [0.05, 0.1) is 4.90 Å². The van der Waals surface area contributed by atoms with Gasteiger partial charge in [0.2, 0.25) is 10.0 Å². The van der Waals surface area contributed by atoms with Crippen molar-refractivity contribution >= 4 is 10.0 Å². The third kappa shape index (κ3) is 3.52. The van der Waals surface area contributed by atoms with Gasteiger partial charge in [-0.1, -0.05) is 18.2 Å². The standard InChI is InChI=1S/C12H19N2O2S/c1-9-7-5-6-8-11(9)17(15,16)14-10(2)12(3,4)13/h5-8,10,13-14H,1-4H3. The second-order valence-electron chi connectivity index (χ2n) is 4.83. The summed E-state index contributed by atoms with van der Waals surface area (Å²) in [5.41, 5.74) is 7.66. The maximum Gasteiger partial charge on any atom is 0.241 e. The van der Waals surface area contributed by atoms with Crippen LogP contribution < -0.4 is 10.5 Å². The average molecular weight is 255 g/mol. The lowest BCUT2D eigenvalue weighted by Crippen LogP contribution is -2.48. The lowest BCUT2D eigenvalue weighted by molar-refractivity contribution is 0.389. The van der Waals surface area contributed by atoms with Crippen LogP contribution in [0.25, 0.3) is 0 Å². The van der Waals surface area contributed by atoms with Crippen molar-refractivity contribution in [3.63, 3.8) is 0 Å². The zero-order chi connectivity index (χ0) is 13.3. The summed E-state index contributed by atoms with van der Waals surface area (Å²) in [7, 11) is -3.54. The lowest BCUT2D eigenvalue weighted by Gasteiger charge is -2.26. The Morgan fingerprint density at radius 3 is 2.29 bits per heavy atom. The minimum Gasteiger partial charge on any atom is -0.250 e. The largest absolute Gasteiger partial charge is 0.250 e. The van der Waals surface area contributed by atoms with Crippen LogP contribution in [0.2, 0.25) is 0 Å². The van der Waals surface area contributed by atoms with Crippen molar-refractivity contribution in [3.05, 3.63) is 29.8 Å². The molecule has 0 aliphatic carbocycles. The van der Waals surface area contributed by atoms with Gasteiger partial charge >= 0.3 is 0 Å². The fourth-order valence-electron chi connectivity index (χ4n) is 1.30. The average Bonchev–Trinajstić information content (AvgIpc) is 2.15. The van der Waals surface area contributed by atoms with Crippen molar-refractivity contribution in [2.75, 3.05) is 0 Å². The number of aryl methyl sites for hydroxylation is 1. The van der Waals surface area contributed by atoms with E-state index < -0.39 is 21.6 Å². The molecule has 0 fully saturated rings. The van der Waals surface area contributed by atoms with E-state index in [2.05, 4.69) is 4.72 Å². The number of hydrogen-bond donors (Lipinski definition) is 1. The van der Waals surface area contributed by atoms with Crippen LogP contribution in [-0.4, -0.2) is 20.0 Å². The van der Waals surface area contributed by atoms with Crippen molar-refractivity contribution in [1.29, 1.82) is 0 Å². The summed E-state index contributed by atoms with van der Waals surface area (Å²) in [6.45, 7) is 6.81. The highest BCUT2D eigenvalue weighted by Gasteiger charge is 2.27. The van der Waals surface area contributed by atoms with E-state index in [-0.39, 0.29) is 4.90 Å². The summed E-state index contributed by atoms with van der Waals surface area (Å²) >= 11 is 0. The minimum absolute atomic E-state index is 0.274. The van der Waals surface area contributed by atoms with Crippen molar-refractivity contribution < 1.29 is 8.42 Å². The van der Waals surface area contributed by atoms with Gasteiger partial charge in [0.15, 0.2) is 0 Å². The zero-order valence-corrected chi connectivity index (χ0v) is 11.4. The van der Waals surface area contributed by atoms with Crippen LogP contribution >= 0.6 is 0 Å².